The summed E-state index contributed by atoms with van der Waals surface area (Å²) in [6.45, 7) is 3.93. The fourth-order valence-electron chi connectivity index (χ4n) is 5.84. The average Bonchev–Trinajstić information content (AvgIpc) is 3.90. The van der Waals surface area contributed by atoms with E-state index in [4.69, 9.17) is 0 Å². The number of hydrogen-bond acceptors (Lipinski definition) is 6. The van der Waals surface area contributed by atoms with Crippen LogP contribution in [0.2, 0.25) is 0 Å². The molecule has 4 heterocycles. The first-order valence-electron chi connectivity index (χ1n) is 15.8. The smallest absolute Gasteiger partial charge is 0.265 e. The highest BCUT2D eigenvalue weighted by Crippen LogP contribution is 2.32. The lowest BCUT2D eigenvalue weighted by atomic mass is 10.0. The number of hydrogen-bond donors (Lipinski definition) is 2. The Kier molecular flexibility index (Phi) is 7.87. The monoisotopic (exact) mass is 678 g/mol. The number of aromatic nitrogens is 4. The Bertz CT molecular complexity index is 2280. The summed E-state index contributed by atoms with van der Waals surface area (Å²) < 4.78 is 3.79. The number of amides is 2. The number of benzene rings is 4. The van der Waals surface area contributed by atoms with Gasteiger partial charge in [-0.15, -0.1) is 22.7 Å². The molecule has 0 unspecified atom stereocenters. The Morgan fingerprint density at radius 3 is 1.35 bits per heavy atom. The van der Waals surface area contributed by atoms with Crippen LogP contribution in [0.5, 0.6) is 0 Å². The zero-order chi connectivity index (χ0) is 33.5. The van der Waals surface area contributed by atoms with Gasteiger partial charge < -0.3 is 10.6 Å². The highest BCUT2D eigenvalue weighted by molar-refractivity contribution is 7.21. The minimum atomic E-state index is -0.144. The van der Waals surface area contributed by atoms with Crippen molar-refractivity contribution in [1.29, 1.82) is 0 Å². The highest BCUT2D eigenvalue weighted by atomic mass is 32.1. The van der Waals surface area contributed by atoms with Gasteiger partial charge in [-0.3, -0.25) is 9.59 Å². The van der Waals surface area contributed by atoms with Gasteiger partial charge in [-0.1, -0.05) is 60.7 Å². The number of nitrogens with one attached hydrogen (secondary N) is 2. The lowest BCUT2D eigenvalue weighted by Gasteiger charge is -2.08. The molecule has 0 spiro atoms. The summed E-state index contributed by atoms with van der Waals surface area (Å²) in [6, 6.07) is 39.5. The molecule has 0 aliphatic rings. The number of aryl methyl sites for hydroxylation is 2. The Hall–Kier alpha value is -5.84. The molecular formula is C39H30N6O2S2. The van der Waals surface area contributed by atoms with Crippen molar-refractivity contribution in [3.8, 4) is 11.4 Å². The quantitative estimate of drug-likeness (QED) is 0.168. The molecule has 8 nitrogen and oxygen atoms in total. The largest absolute Gasteiger partial charge is 0.321 e. The number of nitrogens with zero attached hydrogens (tertiary/aromatic N) is 4. The Morgan fingerprint density at radius 1 is 0.571 bits per heavy atom. The number of thiophene rings is 2. The summed E-state index contributed by atoms with van der Waals surface area (Å²) in [4.78, 5) is 29.5. The molecule has 240 valence electrons. The van der Waals surface area contributed by atoms with E-state index in [1.54, 1.807) is 0 Å². The molecule has 2 amide bonds. The molecule has 0 saturated carbocycles. The molecule has 4 aromatic heterocycles. The molecule has 0 aliphatic carbocycles. The molecule has 4 aromatic carbocycles. The average molecular weight is 679 g/mol. The van der Waals surface area contributed by atoms with E-state index in [0.29, 0.717) is 9.75 Å². The van der Waals surface area contributed by atoms with Crippen LogP contribution in [0.15, 0.2) is 121 Å². The number of carbonyl (C=O) groups is 2. The summed E-state index contributed by atoms with van der Waals surface area (Å²) in [7, 11) is 0. The van der Waals surface area contributed by atoms with Crippen molar-refractivity contribution in [3.05, 3.63) is 154 Å². The van der Waals surface area contributed by atoms with Crippen molar-refractivity contribution in [1.82, 2.24) is 19.6 Å². The second-order valence-corrected chi connectivity index (χ2v) is 13.9. The third-order valence-corrected chi connectivity index (χ3v) is 10.6. The van der Waals surface area contributed by atoms with Crippen LogP contribution in [0.4, 0.5) is 11.4 Å². The lowest BCUT2D eigenvalue weighted by molar-refractivity contribution is 0.102. The van der Waals surface area contributed by atoms with E-state index in [1.165, 1.54) is 22.7 Å². The van der Waals surface area contributed by atoms with Crippen LogP contribution in [0.3, 0.4) is 0 Å². The second-order valence-electron chi connectivity index (χ2n) is 11.8. The van der Waals surface area contributed by atoms with Gasteiger partial charge in [-0.05, 0) is 92.1 Å². The molecule has 49 heavy (non-hydrogen) atoms. The normalized spacial score (nSPS) is 11.3. The number of para-hydroxylation sites is 2. The van der Waals surface area contributed by atoms with Gasteiger partial charge in [0.15, 0.2) is 0 Å². The summed E-state index contributed by atoms with van der Waals surface area (Å²) in [6.07, 6.45) is 0.722. The fraction of sp³-hybridized carbons (Fsp3) is 0.0769. The Balaban J connectivity index is 0.898. The molecule has 2 N–H and O–H groups in total. The summed E-state index contributed by atoms with van der Waals surface area (Å²) in [5, 5.41) is 17.4. The first-order chi connectivity index (χ1) is 23.9. The SMILES string of the molecule is Cc1nn(-c2ccccc2)c2sc(C(=O)Nc3ccc(Cc4ccc(NC(=O)c5cc6c(C)nn(-c7ccccc7)c6s5)cc4)cc3)cc12. The van der Waals surface area contributed by atoms with Crippen molar-refractivity contribution >= 4 is 66.3 Å². The predicted molar refractivity (Wildman–Crippen MR) is 199 cm³/mol. The number of carbonyl (C=O) groups excluding carboxylic acids is 2. The fourth-order valence-corrected chi connectivity index (χ4v) is 8.00. The first-order valence-corrected chi connectivity index (χ1v) is 17.4. The van der Waals surface area contributed by atoms with Crippen LogP contribution in [-0.2, 0) is 6.42 Å². The van der Waals surface area contributed by atoms with Gasteiger partial charge in [0.1, 0.15) is 9.66 Å². The van der Waals surface area contributed by atoms with Gasteiger partial charge in [-0.2, -0.15) is 10.2 Å². The summed E-state index contributed by atoms with van der Waals surface area (Å²) >= 11 is 2.87. The van der Waals surface area contributed by atoms with Crippen LogP contribution < -0.4 is 10.6 Å². The zero-order valence-electron chi connectivity index (χ0n) is 26.7. The molecular weight excluding hydrogens is 649 g/mol. The second kappa shape index (κ2) is 12.6. The van der Waals surface area contributed by atoms with E-state index in [9.17, 15) is 9.59 Å². The van der Waals surface area contributed by atoms with Gasteiger partial charge in [0.2, 0.25) is 0 Å². The van der Waals surface area contributed by atoms with Crippen molar-refractivity contribution in [2.24, 2.45) is 0 Å². The van der Waals surface area contributed by atoms with Crippen LogP contribution in [0.25, 0.3) is 31.8 Å². The maximum absolute atomic E-state index is 13.2. The third-order valence-electron chi connectivity index (χ3n) is 8.37. The molecule has 0 atom stereocenters. The van der Waals surface area contributed by atoms with Crippen molar-refractivity contribution in [2.75, 3.05) is 10.6 Å². The van der Waals surface area contributed by atoms with E-state index in [0.717, 1.165) is 72.1 Å². The predicted octanol–water partition coefficient (Wildman–Crippen LogP) is 9.20. The Labute approximate surface area is 290 Å². The molecule has 0 fully saturated rings. The van der Waals surface area contributed by atoms with Gasteiger partial charge in [0, 0.05) is 22.1 Å². The number of anilines is 2. The van der Waals surface area contributed by atoms with Crippen molar-refractivity contribution in [3.63, 3.8) is 0 Å². The molecule has 0 saturated heterocycles. The minimum absolute atomic E-state index is 0.144. The van der Waals surface area contributed by atoms with E-state index in [2.05, 4.69) is 20.8 Å². The van der Waals surface area contributed by atoms with Gasteiger partial charge in [0.05, 0.1) is 32.5 Å². The zero-order valence-corrected chi connectivity index (χ0v) is 28.3. The molecule has 0 radical (unpaired) electrons. The number of rotatable bonds is 8. The maximum Gasteiger partial charge on any atom is 0.265 e. The minimum Gasteiger partial charge on any atom is -0.321 e. The van der Waals surface area contributed by atoms with Crippen LogP contribution in [0, 0.1) is 13.8 Å². The maximum atomic E-state index is 13.2. The standard InChI is InChI=1S/C39H30N6O2S2/c1-24-32-22-34(48-38(32)44(42-24)30-9-5-3-6-10-30)36(46)40-28-17-13-26(14-18-28)21-27-15-19-29(20-16-27)41-37(47)35-23-33-25(2)43-45(39(33)49-35)31-11-7-4-8-12-31/h3-20,22-23H,21H2,1-2H3,(H,40,46)(H,41,47). The summed E-state index contributed by atoms with van der Waals surface area (Å²) in [5.41, 5.74) is 7.41. The lowest BCUT2D eigenvalue weighted by Crippen LogP contribution is -2.10. The van der Waals surface area contributed by atoms with Crippen LogP contribution in [-0.4, -0.2) is 31.4 Å². The Morgan fingerprint density at radius 2 is 0.959 bits per heavy atom. The topological polar surface area (TPSA) is 93.8 Å². The van der Waals surface area contributed by atoms with E-state index in [1.807, 2.05) is 145 Å². The van der Waals surface area contributed by atoms with E-state index >= 15 is 0 Å². The molecule has 10 heteroatoms. The summed E-state index contributed by atoms with van der Waals surface area (Å²) in [5.74, 6) is -0.288. The third kappa shape index (κ3) is 6.03. The van der Waals surface area contributed by atoms with E-state index < -0.39 is 0 Å². The number of fused-ring (bicyclic) bond motifs is 2. The molecule has 0 bridgehead atoms. The first kappa shape index (κ1) is 30.5. The van der Waals surface area contributed by atoms with E-state index in [-0.39, 0.29) is 11.8 Å². The highest BCUT2D eigenvalue weighted by Gasteiger charge is 2.19. The van der Waals surface area contributed by atoms with Gasteiger partial charge >= 0.3 is 0 Å². The van der Waals surface area contributed by atoms with Gasteiger partial charge in [0.25, 0.3) is 11.8 Å². The van der Waals surface area contributed by atoms with Crippen LogP contribution in [0.1, 0.15) is 41.9 Å². The van der Waals surface area contributed by atoms with Crippen molar-refractivity contribution in [2.45, 2.75) is 20.3 Å². The van der Waals surface area contributed by atoms with Crippen LogP contribution >= 0.6 is 22.7 Å². The van der Waals surface area contributed by atoms with Crippen molar-refractivity contribution < 1.29 is 9.59 Å². The molecule has 0 aliphatic heterocycles. The molecule has 8 aromatic rings. The van der Waals surface area contributed by atoms with Gasteiger partial charge in [-0.25, -0.2) is 9.36 Å². The molecule has 8 rings (SSSR count).